The maximum atomic E-state index is 12.9. The molecule has 0 heterocycles. The molecule has 410 valence electrons. The first-order valence-electron chi connectivity index (χ1n) is 30.4. The number of allylic oxidation sites excluding steroid dienone is 12. The second kappa shape index (κ2) is 59.4. The fraction of sp³-hybridized carbons (Fsp3) is 0.769. The van der Waals surface area contributed by atoms with Crippen molar-refractivity contribution in [2.24, 2.45) is 0 Å². The third kappa shape index (κ3) is 57.6. The van der Waals surface area contributed by atoms with Gasteiger partial charge in [-0.3, -0.25) is 14.4 Å². The Hall–Kier alpha value is -3.15. The number of esters is 3. The van der Waals surface area contributed by atoms with Crippen LogP contribution in [0.25, 0.3) is 0 Å². The molecule has 0 N–H and O–H groups in total. The Balaban J connectivity index is 4.40. The molecule has 0 rings (SSSR count). The van der Waals surface area contributed by atoms with Crippen LogP contribution in [0.4, 0.5) is 0 Å². The van der Waals surface area contributed by atoms with Crippen molar-refractivity contribution < 1.29 is 28.6 Å². The van der Waals surface area contributed by atoms with Crippen LogP contribution < -0.4 is 0 Å². The summed E-state index contributed by atoms with van der Waals surface area (Å²) in [7, 11) is 0. The van der Waals surface area contributed by atoms with E-state index < -0.39 is 6.10 Å². The summed E-state index contributed by atoms with van der Waals surface area (Å²) in [4.78, 5) is 38.3. The second-order valence-electron chi connectivity index (χ2n) is 20.2. The molecule has 0 saturated heterocycles. The van der Waals surface area contributed by atoms with Gasteiger partial charge in [0.1, 0.15) is 13.2 Å². The Labute approximate surface area is 440 Å². The van der Waals surface area contributed by atoms with Gasteiger partial charge in [0.25, 0.3) is 0 Å². The van der Waals surface area contributed by atoms with Gasteiger partial charge in [0.15, 0.2) is 6.10 Å². The maximum Gasteiger partial charge on any atom is 0.306 e. The van der Waals surface area contributed by atoms with Gasteiger partial charge >= 0.3 is 17.9 Å². The molecule has 0 saturated carbocycles. The molecule has 6 nitrogen and oxygen atoms in total. The summed E-state index contributed by atoms with van der Waals surface area (Å²) in [6, 6.07) is 0. The number of ether oxygens (including phenoxy) is 3. The van der Waals surface area contributed by atoms with E-state index in [-0.39, 0.29) is 31.1 Å². The van der Waals surface area contributed by atoms with Crippen molar-refractivity contribution >= 4 is 17.9 Å². The number of hydrogen-bond donors (Lipinski definition) is 0. The summed E-state index contributed by atoms with van der Waals surface area (Å²) in [6.07, 6.45) is 76.1. The lowest BCUT2D eigenvalue weighted by molar-refractivity contribution is -0.167. The summed E-state index contributed by atoms with van der Waals surface area (Å²) in [5, 5.41) is 0. The molecule has 1 unspecified atom stereocenters. The third-order valence-corrected chi connectivity index (χ3v) is 13.2. The van der Waals surface area contributed by atoms with Gasteiger partial charge in [-0.1, -0.05) is 267 Å². The van der Waals surface area contributed by atoms with E-state index in [0.717, 1.165) is 103 Å². The number of carbonyl (C=O) groups is 3. The Bertz CT molecular complexity index is 1320. The van der Waals surface area contributed by atoms with E-state index in [9.17, 15) is 14.4 Å². The summed E-state index contributed by atoms with van der Waals surface area (Å²) < 4.78 is 16.9. The number of unbranched alkanes of at least 4 members (excludes halogenated alkanes) is 32. The average Bonchev–Trinajstić information content (AvgIpc) is 3.37. The Morgan fingerprint density at radius 2 is 0.549 bits per heavy atom. The summed E-state index contributed by atoms with van der Waals surface area (Å²) in [6.45, 7) is 6.51. The molecule has 1 atom stereocenters. The zero-order valence-corrected chi connectivity index (χ0v) is 47.0. The Kier molecular flexibility index (Phi) is 56.8. The second-order valence-corrected chi connectivity index (χ2v) is 20.2. The minimum atomic E-state index is -0.789. The van der Waals surface area contributed by atoms with Crippen LogP contribution in [-0.2, 0) is 28.6 Å². The highest BCUT2D eigenvalue weighted by Gasteiger charge is 2.19. The van der Waals surface area contributed by atoms with Crippen molar-refractivity contribution in [3.8, 4) is 0 Å². The van der Waals surface area contributed by atoms with Gasteiger partial charge in [0.2, 0.25) is 0 Å². The van der Waals surface area contributed by atoms with Crippen LogP contribution >= 0.6 is 0 Å². The van der Waals surface area contributed by atoms with E-state index >= 15 is 0 Å². The first-order chi connectivity index (χ1) is 35.0. The Morgan fingerprint density at radius 1 is 0.296 bits per heavy atom. The van der Waals surface area contributed by atoms with Crippen LogP contribution in [0.15, 0.2) is 72.9 Å². The monoisotopic (exact) mass is 991 g/mol. The van der Waals surface area contributed by atoms with E-state index in [4.69, 9.17) is 14.2 Å². The number of carbonyl (C=O) groups excluding carboxylic acids is 3. The lowest BCUT2D eigenvalue weighted by atomic mass is 10.0. The molecule has 0 aliphatic rings. The smallest absolute Gasteiger partial charge is 0.306 e. The average molecular weight is 992 g/mol. The van der Waals surface area contributed by atoms with Crippen molar-refractivity contribution in [1.82, 2.24) is 0 Å². The molecule has 71 heavy (non-hydrogen) atoms. The van der Waals surface area contributed by atoms with E-state index in [1.165, 1.54) is 161 Å². The topological polar surface area (TPSA) is 78.9 Å². The standard InChI is InChI=1S/C65H114O6/c1-4-7-10-13-16-19-22-25-28-31-32-35-37-40-43-46-49-52-55-58-64(67)70-61-62(71-65(68)59-56-53-50-47-44-41-38-34-30-27-24-21-18-15-12-9-6-3)60-69-63(66)57-54-51-48-45-42-39-36-33-29-26-23-20-17-14-11-8-5-2/h9,12,16,18-19,21,25,27-28,30,38,41,62H,4-8,10-11,13-15,17,20,22-24,26,29,31-37,39-40,42-61H2,1-3H3/b12-9-,19-16-,21-18-,28-25-,30-27-,41-38-. The van der Waals surface area contributed by atoms with E-state index in [1.807, 2.05) is 0 Å². The zero-order chi connectivity index (χ0) is 51.4. The largest absolute Gasteiger partial charge is 0.462 e. The minimum absolute atomic E-state index is 0.0841. The molecule has 0 fully saturated rings. The van der Waals surface area contributed by atoms with Crippen LogP contribution in [0.2, 0.25) is 0 Å². The van der Waals surface area contributed by atoms with Crippen LogP contribution in [-0.4, -0.2) is 37.2 Å². The Morgan fingerprint density at radius 3 is 0.887 bits per heavy atom. The lowest BCUT2D eigenvalue weighted by Crippen LogP contribution is -2.30. The van der Waals surface area contributed by atoms with Crippen LogP contribution in [0.5, 0.6) is 0 Å². The fourth-order valence-corrected chi connectivity index (χ4v) is 8.64. The summed E-state index contributed by atoms with van der Waals surface area (Å²) in [5.41, 5.74) is 0. The van der Waals surface area contributed by atoms with Crippen LogP contribution in [0.3, 0.4) is 0 Å². The predicted octanol–water partition coefficient (Wildman–Crippen LogP) is 20.5. The van der Waals surface area contributed by atoms with Gasteiger partial charge in [0.05, 0.1) is 0 Å². The molecule has 0 aromatic rings. The van der Waals surface area contributed by atoms with Crippen molar-refractivity contribution in [2.45, 2.75) is 309 Å². The van der Waals surface area contributed by atoms with Crippen molar-refractivity contribution in [3.05, 3.63) is 72.9 Å². The minimum Gasteiger partial charge on any atom is -0.462 e. The fourth-order valence-electron chi connectivity index (χ4n) is 8.64. The number of hydrogen-bond acceptors (Lipinski definition) is 6. The van der Waals surface area contributed by atoms with Gasteiger partial charge in [-0.2, -0.15) is 0 Å². The SMILES string of the molecule is CC/C=C\C/C=C\C/C=C\C/C=C\CCCCCCC(=O)OC(COC(=O)CCCCCCCCCCC/C=C\C/C=C\CCCCC)COC(=O)CCCCCCCCCCCCCCCCCCC. The predicted molar refractivity (Wildman–Crippen MR) is 307 cm³/mol. The normalized spacial score (nSPS) is 12.5. The van der Waals surface area contributed by atoms with Gasteiger partial charge in [-0.05, 0) is 89.9 Å². The van der Waals surface area contributed by atoms with Crippen molar-refractivity contribution in [3.63, 3.8) is 0 Å². The van der Waals surface area contributed by atoms with E-state index in [2.05, 4.69) is 93.7 Å². The van der Waals surface area contributed by atoms with Crippen LogP contribution in [0, 0.1) is 0 Å². The quantitative estimate of drug-likeness (QED) is 0.0261. The van der Waals surface area contributed by atoms with Gasteiger partial charge in [-0.25, -0.2) is 0 Å². The van der Waals surface area contributed by atoms with Gasteiger partial charge < -0.3 is 14.2 Å². The van der Waals surface area contributed by atoms with Crippen LogP contribution in [0.1, 0.15) is 303 Å². The molecule has 6 heteroatoms. The molecule has 0 amide bonds. The molecule has 0 aromatic carbocycles. The molecule has 0 aliphatic heterocycles. The number of rotatable bonds is 55. The highest BCUT2D eigenvalue weighted by atomic mass is 16.6. The summed E-state index contributed by atoms with van der Waals surface area (Å²) in [5.74, 6) is -0.899. The highest BCUT2D eigenvalue weighted by molar-refractivity contribution is 5.71. The highest BCUT2D eigenvalue weighted by Crippen LogP contribution is 2.16. The zero-order valence-electron chi connectivity index (χ0n) is 47.0. The van der Waals surface area contributed by atoms with E-state index in [1.54, 1.807) is 0 Å². The lowest BCUT2D eigenvalue weighted by Gasteiger charge is -2.18. The first kappa shape index (κ1) is 67.8. The maximum absolute atomic E-state index is 12.9. The van der Waals surface area contributed by atoms with Gasteiger partial charge in [-0.15, -0.1) is 0 Å². The molecular weight excluding hydrogens is 877 g/mol. The first-order valence-corrected chi connectivity index (χ1v) is 30.4. The van der Waals surface area contributed by atoms with E-state index in [0.29, 0.717) is 19.3 Å². The van der Waals surface area contributed by atoms with Gasteiger partial charge in [0, 0.05) is 19.3 Å². The molecule has 0 radical (unpaired) electrons. The van der Waals surface area contributed by atoms with Crippen molar-refractivity contribution in [2.75, 3.05) is 13.2 Å². The molecule has 0 aliphatic carbocycles. The van der Waals surface area contributed by atoms with Crippen molar-refractivity contribution in [1.29, 1.82) is 0 Å². The molecule has 0 spiro atoms. The molecule has 0 aromatic heterocycles. The molecular formula is C65H114O6. The molecule has 0 bridgehead atoms. The summed E-state index contributed by atoms with van der Waals surface area (Å²) >= 11 is 0. The third-order valence-electron chi connectivity index (χ3n) is 13.2.